The van der Waals surface area contributed by atoms with Gasteiger partial charge in [0.25, 0.3) is 0 Å². The van der Waals surface area contributed by atoms with Crippen molar-refractivity contribution in [2.24, 2.45) is 0 Å². The average molecular weight is 423 g/mol. The first-order valence-electron chi connectivity index (χ1n) is 8.13. The van der Waals surface area contributed by atoms with Crippen molar-refractivity contribution in [3.63, 3.8) is 0 Å². The van der Waals surface area contributed by atoms with Crippen LogP contribution < -0.4 is 16.0 Å². The van der Waals surface area contributed by atoms with Crippen LogP contribution in [0.5, 0.6) is 0 Å². The number of nitrogens with two attached hydrogens (primary N) is 1. The number of carbonyl (C=O) groups is 1. The van der Waals surface area contributed by atoms with Crippen molar-refractivity contribution in [1.82, 2.24) is 25.1 Å². The van der Waals surface area contributed by atoms with E-state index in [0.717, 1.165) is 13.1 Å². The lowest BCUT2D eigenvalue weighted by Crippen LogP contribution is -2.57. The second-order valence-corrected chi connectivity index (χ2v) is 6.05. The molecule has 0 atom stereocenters. The van der Waals surface area contributed by atoms with Crippen LogP contribution in [0.2, 0.25) is 0 Å². The average Bonchev–Trinajstić information content (AvgIpc) is 2.95. The molecule has 1 saturated heterocycles. The molecule has 0 unspecified atom stereocenters. The van der Waals surface area contributed by atoms with Crippen LogP contribution in [0.15, 0.2) is 12.3 Å². The first-order chi connectivity index (χ1) is 13.4. The molecule has 14 heteroatoms. The molecule has 9 nitrogen and oxygen atoms in total. The number of rotatable bonds is 4. The fourth-order valence-corrected chi connectivity index (χ4v) is 2.43. The highest BCUT2D eigenvalue weighted by Crippen LogP contribution is 2.28. The Bertz CT molecular complexity index is 865. The Morgan fingerprint density at radius 2 is 1.93 bits per heavy atom. The number of hydrogen-bond acceptors (Lipinski definition) is 7. The molecule has 1 aliphatic rings. The van der Waals surface area contributed by atoms with Gasteiger partial charge in [-0.1, -0.05) is 0 Å². The highest BCUT2D eigenvalue weighted by molar-refractivity contribution is 5.73. The molecule has 2 aromatic heterocycles. The molecule has 4 N–H and O–H groups in total. The Balaban J connectivity index is 0.000000370. The predicted molar refractivity (Wildman–Crippen MR) is 92.4 cm³/mol. The number of aromatic nitrogens is 4. The van der Waals surface area contributed by atoms with Gasteiger partial charge in [0.2, 0.25) is 5.95 Å². The minimum atomic E-state index is -5.08. The Labute approximate surface area is 161 Å². The van der Waals surface area contributed by atoms with Crippen LogP contribution in [-0.2, 0) is 4.79 Å². The van der Waals surface area contributed by atoms with Crippen LogP contribution in [0.25, 0.3) is 11.3 Å². The van der Waals surface area contributed by atoms with Gasteiger partial charge < -0.3 is 21.1 Å². The van der Waals surface area contributed by atoms with Crippen molar-refractivity contribution in [3.05, 3.63) is 18.0 Å². The molecule has 2 aromatic rings. The van der Waals surface area contributed by atoms with Crippen LogP contribution in [0.3, 0.4) is 0 Å². The Morgan fingerprint density at radius 1 is 1.34 bits per heavy atom. The van der Waals surface area contributed by atoms with Crippen molar-refractivity contribution in [3.8, 4) is 11.3 Å². The number of halogens is 5. The quantitative estimate of drug-likeness (QED) is 0.635. The number of aryl methyl sites for hydroxylation is 1. The van der Waals surface area contributed by atoms with E-state index in [4.69, 9.17) is 15.6 Å². The Hall–Kier alpha value is -3.03. The second kappa shape index (κ2) is 8.55. The molecule has 1 aliphatic heterocycles. The summed E-state index contributed by atoms with van der Waals surface area (Å²) in [5, 5.41) is 14.1. The predicted octanol–water partition coefficient (Wildman–Crippen LogP) is 1.67. The molecular formula is C15H18F5N7O2. The third kappa shape index (κ3) is 5.49. The second-order valence-electron chi connectivity index (χ2n) is 6.05. The molecule has 3 rings (SSSR count). The molecule has 1 fully saturated rings. The third-order valence-corrected chi connectivity index (χ3v) is 3.98. The zero-order valence-electron chi connectivity index (χ0n) is 15.3. The van der Waals surface area contributed by atoms with Crippen LogP contribution in [-0.4, -0.2) is 63.2 Å². The number of nitrogens with one attached hydrogen (secondary N) is 1. The van der Waals surface area contributed by atoms with E-state index in [1.165, 1.54) is 6.20 Å². The first kappa shape index (κ1) is 22.3. The van der Waals surface area contributed by atoms with Gasteiger partial charge in [-0.15, -0.1) is 0 Å². The Morgan fingerprint density at radius 3 is 2.38 bits per heavy atom. The van der Waals surface area contributed by atoms with Crippen LogP contribution in [0.1, 0.15) is 12.2 Å². The van der Waals surface area contributed by atoms with Gasteiger partial charge >= 0.3 is 18.7 Å². The summed E-state index contributed by atoms with van der Waals surface area (Å²) in [6.45, 7) is 0.619. The van der Waals surface area contributed by atoms with E-state index in [-0.39, 0.29) is 5.95 Å². The van der Waals surface area contributed by atoms with E-state index in [1.54, 1.807) is 13.0 Å². The summed E-state index contributed by atoms with van der Waals surface area (Å²) in [4.78, 5) is 19.3. The fourth-order valence-electron chi connectivity index (χ4n) is 2.43. The van der Waals surface area contributed by atoms with Gasteiger partial charge in [-0.2, -0.15) is 32.0 Å². The topological polar surface area (TPSA) is 122 Å². The maximum Gasteiger partial charge on any atom is 0.490 e. The van der Waals surface area contributed by atoms with E-state index < -0.39 is 18.7 Å². The molecule has 0 radical (unpaired) electrons. The third-order valence-electron chi connectivity index (χ3n) is 3.98. The lowest BCUT2D eigenvalue weighted by Gasteiger charge is -2.40. The van der Waals surface area contributed by atoms with Crippen LogP contribution in [0.4, 0.5) is 33.7 Å². The van der Waals surface area contributed by atoms with Crippen molar-refractivity contribution in [2.45, 2.75) is 25.7 Å². The summed E-state index contributed by atoms with van der Waals surface area (Å²) >= 11 is 0. The zero-order valence-corrected chi connectivity index (χ0v) is 15.3. The highest BCUT2D eigenvalue weighted by atomic mass is 19.4. The van der Waals surface area contributed by atoms with Gasteiger partial charge in [0.05, 0.1) is 11.4 Å². The molecule has 3 heterocycles. The monoisotopic (exact) mass is 423 g/mol. The number of nitrogen functional groups attached to an aromatic ring is 1. The van der Waals surface area contributed by atoms with Crippen molar-refractivity contribution < 1.29 is 31.9 Å². The maximum absolute atomic E-state index is 12.7. The molecule has 0 amide bonds. The van der Waals surface area contributed by atoms with Crippen molar-refractivity contribution >= 4 is 17.7 Å². The minimum absolute atomic E-state index is 0.115. The molecule has 0 spiro atoms. The lowest BCUT2D eigenvalue weighted by molar-refractivity contribution is -0.192. The summed E-state index contributed by atoms with van der Waals surface area (Å²) in [6.07, 6.45) is -3.81. The number of alkyl halides is 5. The maximum atomic E-state index is 12.7. The number of carboxylic acids is 1. The standard InChI is InChI=1S/C13H17F2N7.C2HF3O2/c1-7-9(6-22(20-7)12(14)15)10-3-11(19-13(16)18-10)21-4-8(5-21)17-2;3-2(4,5)1(6)7/h3,6,8,12,17H,4-5H2,1-2H3,(H2,16,18,19);(H,6,7). The lowest BCUT2D eigenvalue weighted by atomic mass is 10.1. The molecule has 29 heavy (non-hydrogen) atoms. The smallest absolute Gasteiger partial charge is 0.475 e. The zero-order chi connectivity index (χ0) is 21.9. The number of nitrogens with zero attached hydrogens (tertiary/aromatic N) is 5. The van der Waals surface area contributed by atoms with E-state index in [0.29, 0.717) is 33.5 Å². The molecule has 0 saturated carbocycles. The number of likely N-dealkylation sites (N-methyl/N-ethyl adjacent to an activating group) is 1. The minimum Gasteiger partial charge on any atom is -0.475 e. The number of hydrogen-bond donors (Lipinski definition) is 3. The molecule has 0 aliphatic carbocycles. The van der Waals surface area contributed by atoms with Gasteiger partial charge in [-0.05, 0) is 14.0 Å². The van der Waals surface area contributed by atoms with E-state index >= 15 is 0 Å². The van der Waals surface area contributed by atoms with Crippen molar-refractivity contribution in [1.29, 1.82) is 0 Å². The van der Waals surface area contributed by atoms with Gasteiger partial charge in [0.15, 0.2) is 0 Å². The molecule has 0 aromatic carbocycles. The van der Waals surface area contributed by atoms with Crippen molar-refractivity contribution in [2.75, 3.05) is 30.8 Å². The van der Waals surface area contributed by atoms with E-state index in [2.05, 4.69) is 25.3 Å². The highest BCUT2D eigenvalue weighted by Gasteiger charge is 2.38. The molecular weight excluding hydrogens is 405 g/mol. The van der Waals surface area contributed by atoms with Crippen LogP contribution in [0, 0.1) is 6.92 Å². The molecule has 160 valence electrons. The summed E-state index contributed by atoms with van der Waals surface area (Å²) < 4.78 is 57.8. The normalized spacial score (nSPS) is 14.4. The first-order valence-corrected chi connectivity index (χ1v) is 8.13. The number of aliphatic carboxylic acids is 1. The van der Waals surface area contributed by atoms with Gasteiger partial charge in [0, 0.05) is 37.0 Å². The fraction of sp³-hybridized carbons (Fsp3) is 0.467. The summed E-state index contributed by atoms with van der Waals surface area (Å²) in [5.74, 6) is -1.95. The Kier molecular flexibility index (Phi) is 6.56. The van der Waals surface area contributed by atoms with Crippen LogP contribution >= 0.6 is 0 Å². The molecule has 0 bridgehead atoms. The summed E-state index contributed by atoms with van der Waals surface area (Å²) in [6, 6.07) is 2.17. The van der Waals surface area contributed by atoms with Gasteiger partial charge in [0.1, 0.15) is 5.82 Å². The number of carboxylic acid groups (broad SMARTS) is 1. The van der Waals surface area contributed by atoms with E-state index in [9.17, 15) is 22.0 Å². The summed E-state index contributed by atoms with van der Waals surface area (Å²) in [7, 11) is 1.91. The SMILES string of the molecule is CNC1CN(c2cc(-c3cn(C(F)F)nc3C)nc(N)n2)C1.O=C(O)C(F)(F)F. The van der Waals surface area contributed by atoms with Gasteiger partial charge in [-0.25, -0.2) is 14.5 Å². The largest absolute Gasteiger partial charge is 0.490 e. The van der Waals surface area contributed by atoms with Gasteiger partial charge in [-0.3, -0.25) is 0 Å². The number of anilines is 2. The summed E-state index contributed by atoms with van der Waals surface area (Å²) in [5.41, 5.74) is 7.26. The van der Waals surface area contributed by atoms with E-state index in [1.807, 2.05) is 7.05 Å².